The third kappa shape index (κ3) is 3.23. The third-order valence-electron chi connectivity index (χ3n) is 3.22. The molecule has 1 saturated carbocycles. The Kier molecular flexibility index (Phi) is 3.42. The lowest BCUT2D eigenvalue weighted by Crippen LogP contribution is -2.49. The van der Waals surface area contributed by atoms with Crippen LogP contribution in [0.15, 0.2) is 0 Å². The molecule has 2 aliphatic rings. The van der Waals surface area contributed by atoms with Gasteiger partial charge < -0.3 is 10.6 Å². The molecule has 0 spiro atoms. The summed E-state index contributed by atoms with van der Waals surface area (Å²) in [5.41, 5.74) is 5.79. The van der Waals surface area contributed by atoms with Crippen LogP contribution in [0.5, 0.6) is 0 Å². The van der Waals surface area contributed by atoms with Crippen molar-refractivity contribution in [2.45, 2.75) is 25.8 Å². The van der Waals surface area contributed by atoms with Crippen molar-refractivity contribution < 1.29 is 0 Å². The summed E-state index contributed by atoms with van der Waals surface area (Å²) >= 11 is 0. The van der Waals surface area contributed by atoms with Gasteiger partial charge >= 0.3 is 0 Å². The van der Waals surface area contributed by atoms with Gasteiger partial charge in [-0.1, -0.05) is 0 Å². The highest BCUT2D eigenvalue weighted by Gasteiger charge is 2.26. The number of hydrogen-bond acceptors (Lipinski definition) is 3. The molecule has 3 nitrogen and oxygen atoms in total. The van der Waals surface area contributed by atoms with Crippen LogP contribution in [0.4, 0.5) is 0 Å². The van der Waals surface area contributed by atoms with Gasteiger partial charge in [-0.15, -0.1) is 0 Å². The Labute approximate surface area is 87.2 Å². The Bertz CT molecular complexity index is 157. The lowest BCUT2D eigenvalue weighted by atomic mass is 10.2. The van der Waals surface area contributed by atoms with Gasteiger partial charge in [0.2, 0.25) is 0 Å². The van der Waals surface area contributed by atoms with Crippen molar-refractivity contribution in [2.24, 2.45) is 11.7 Å². The molecular formula is C11H23N3. The van der Waals surface area contributed by atoms with Crippen molar-refractivity contribution in [3.63, 3.8) is 0 Å². The summed E-state index contributed by atoms with van der Waals surface area (Å²) < 4.78 is 0. The fourth-order valence-corrected chi connectivity index (χ4v) is 2.23. The minimum atomic E-state index is 0.324. The maximum atomic E-state index is 5.79. The molecule has 1 aliphatic heterocycles. The molecule has 0 bridgehead atoms. The normalized spacial score (nSPS) is 27.9. The molecule has 1 aliphatic carbocycles. The third-order valence-corrected chi connectivity index (χ3v) is 3.22. The van der Waals surface area contributed by atoms with E-state index in [2.05, 4.69) is 16.7 Å². The minimum Gasteiger partial charge on any atom is -0.327 e. The van der Waals surface area contributed by atoms with Gasteiger partial charge in [0.25, 0.3) is 0 Å². The molecule has 2 N–H and O–H groups in total. The molecule has 14 heavy (non-hydrogen) atoms. The van der Waals surface area contributed by atoms with Gasteiger partial charge in [-0.2, -0.15) is 0 Å². The molecule has 0 aromatic rings. The molecule has 2 fully saturated rings. The van der Waals surface area contributed by atoms with E-state index < -0.39 is 0 Å². The largest absolute Gasteiger partial charge is 0.327 e. The molecule has 2 rings (SSSR count). The van der Waals surface area contributed by atoms with Crippen LogP contribution in [0.2, 0.25) is 0 Å². The first-order valence-electron chi connectivity index (χ1n) is 5.94. The summed E-state index contributed by atoms with van der Waals surface area (Å²) in [6.45, 7) is 9.45. The van der Waals surface area contributed by atoms with E-state index in [-0.39, 0.29) is 0 Å². The summed E-state index contributed by atoms with van der Waals surface area (Å²) in [7, 11) is 0. The average Bonchev–Trinajstić information content (AvgIpc) is 2.91. The van der Waals surface area contributed by atoms with Crippen molar-refractivity contribution in [1.82, 2.24) is 9.80 Å². The van der Waals surface area contributed by atoms with Crippen LogP contribution in [0.3, 0.4) is 0 Å². The lowest BCUT2D eigenvalue weighted by molar-refractivity contribution is 0.125. The Morgan fingerprint density at radius 3 is 2.21 bits per heavy atom. The minimum absolute atomic E-state index is 0.324. The van der Waals surface area contributed by atoms with E-state index in [4.69, 9.17) is 5.73 Å². The molecule has 1 unspecified atom stereocenters. The van der Waals surface area contributed by atoms with Crippen molar-refractivity contribution in [3.05, 3.63) is 0 Å². The van der Waals surface area contributed by atoms with E-state index in [0.717, 1.165) is 12.5 Å². The zero-order chi connectivity index (χ0) is 9.97. The topological polar surface area (TPSA) is 32.5 Å². The van der Waals surface area contributed by atoms with Crippen LogP contribution in [-0.4, -0.2) is 55.1 Å². The average molecular weight is 197 g/mol. The van der Waals surface area contributed by atoms with E-state index in [1.54, 1.807) is 0 Å². The van der Waals surface area contributed by atoms with Crippen LogP contribution < -0.4 is 5.73 Å². The zero-order valence-corrected chi connectivity index (χ0v) is 9.28. The van der Waals surface area contributed by atoms with Crippen LogP contribution in [0.1, 0.15) is 19.8 Å². The van der Waals surface area contributed by atoms with Gasteiger partial charge in [0, 0.05) is 45.3 Å². The van der Waals surface area contributed by atoms with Crippen molar-refractivity contribution in [1.29, 1.82) is 0 Å². The first-order chi connectivity index (χ1) is 6.74. The summed E-state index contributed by atoms with van der Waals surface area (Å²) in [6, 6.07) is 0.324. The molecule has 0 aromatic carbocycles. The second kappa shape index (κ2) is 4.60. The van der Waals surface area contributed by atoms with Gasteiger partial charge in [-0.25, -0.2) is 0 Å². The smallest absolute Gasteiger partial charge is 0.0139 e. The highest BCUT2D eigenvalue weighted by atomic mass is 15.3. The van der Waals surface area contributed by atoms with Crippen molar-refractivity contribution in [3.8, 4) is 0 Å². The van der Waals surface area contributed by atoms with E-state index in [9.17, 15) is 0 Å². The standard InChI is InChI=1S/C11H23N3/c1-10(12)8-13-4-6-14(7-5-13)9-11-2-3-11/h10-11H,2-9,12H2,1H3. The Morgan fingerprint density at radius 2 is 1.71 bits per heavy atom. The van der Waals surface area contributed by atoms with Gasteiger partial charge in [-0.05, 0) is 25.7 Å². The van der Waals surface area contributed by atoms with Crippen LogP contribution in [0, 0.1) is 5.92 Å². The van der Waals surface area contributed by atoms with Crippen LogP contribution in [-0.2, 0) is 0 Å². The summed E-state index contributed by atoms with van der Waals surface area (Å²) in [5, 5.41) is 0. The van der Waals surface area contributed by atoms with E-state index in [1.807, 2.05) is 0 Å². The predicted molar refractivity (Wildman–Crippen MR) is 59.3 cm³/mol. The maximum Gasteiger partial charge on any atom is 0.0139 e. The number of nitrogens with two attached hydrogens (primary N) is 1. The fraction of sp³-hybridized carbons (Fsp3) is 1.00. The first-order valence-corrected chi connectivity index (χ1v) is 5.94. The second-order valence-corrected chi connectivity index (χ2v) is 5.02. The molecule has 82 valence electrons. The van der Waals surface area contributed by atoms with E-state index >= 15 is 0 Å². The summed E-state index contributed by atoms with van der Waals surface area (Å²) in [4.78, 5) is 5.11. The Morgan fingerprint density at radius 1 is 1.14 bits per heavy atom. The number of nitrogens with zero attached hydrogens (tertiary/aromatic N) is 2. The summed E-state index contributed by atoms with van der Waals surface area (Å²) in [6.07, 6.45) is 2.94. The van der Waals surface area contributed by atoms with Gasteiger partial charge in [0.15, 0.2) is 0 Å². The Hall–Kier alpha value is -0.120. The second-order valence-electron chi connectivity index (χ2n) is 5.02. The van der Waals surface area contributed by atoms with Gasteiger partial charge in [0.1, 0.15) is 0 Å². The molecule has 1 heterocycles. The predicted octanol–water partition coefficient (Wildman–Crippen LogP) is 0.361. The molecular weight excluding hydrogens is 174 g/mol. The molecule has 3 heteroatoms. The first kappa shape index (κ1) is 10.4. The van der Waals surface area contributed by atoms with E-state index in [1.165, 1.54) is 45.6 Å². The van der Waals surface area contributed by atoms with Gasteiger partial charge in [-0.3, -0.25) is 4.90 Å². The van der Waals surface area contributed by atoms with Crippen molar-refractivity contribution in [2.75, 3.05) is 39.3 Å². The maximum absolute atomic E-state index is 5.79. The van der Waals surface area contributed by atoms with Gasteiger partial charge in [0.05, 0.1) is 0 Å². The highest BCUT2D eigenvalue weighted by molar-refractivity contribution is 4.81. The zero-order valence-electron chi connectivity index (χ0n) is 9.28. The number of hydrogen-bond donors (Lipinski definition) is 1. The SMILES string of the molecule is CC(N)CN1CCN(CC2CC2)CC1. The quantitative estimate of drug-likeness (QED) is 0.706. The lowest BCUT2D eigenvalue weighted by Gasteiger charge is -2.35. The fourth-order valence-electron chi connectivity index (χ4n) is 2.23. The van der Waals surface area contributed by atoms with Crippen molar-refractivity contribution >= 4 is 0 Å². The number of piperazine rings is 1. The monoisotopic (exact) mass is 197 g/mol. The molecule has 0 amide bonds. The summed E-state index contributed by atoms with van der Waals surface area (Å²) in [5.74, 6) is 1.04. The van der Waals surface area contributed by atoms with Crippen LogP contribution >= 0.6 is 0 Å². The molecule has 0 aromatic heterocycles. The molecule has 1 atom stereocenters. The highest BCUT2D eigenvalue weighted by Crippen LogP contribution is 2.29. The van der Waals surface area contributed by atoms with Crippen LogP contribution in [0.25, 0.3) is 0 Å². The molecule has 0 radical (unpaired) electrons. The Balaban J connectivity index is 1.63. The van der Waals surface area contributed by atoms with E-state index in [0.29, 0.717) is 6.04 Å². The number of rotatable bonds is 4. The molecule has 1 saturated heterocycles.